The molecular formula is C15H25N3O4S2. The van der Waals surface area contributed by atoms with Crippen LogP contribution >= 0.6 is 0 Å². The first kappa shape index (κ1) is 19.3. The van der Waals surface area contributed by atoms with Gasteiger partial charge >= 0.3 is 0 Å². The number of hydrogen-bond acceptors (Lipinski definition) is 5. The summed E-state index contributed by atoms with van der Waals surface area (Å²) in [6, 6.07) is 5.52. The summed E-state index contributed by atoms with van der Waals surface area (Å²) < 4.78 is 53.8. The van der Waals surface area contributed by atoms with Crippen LogP contribution in [0.2, 0.25) is 0 Å². The lowest BCUT2D eigenvalue weighted by molar-refractivity contribution is 0.445. The second-order valence-electron chi connectivity index (χ2n) is 5.77. The van der Waals surface area contributed by atoms with E-state index in [-0.39, 0.29) is 15.7 Å². The Balaban J connectivity index is 2.22. The van der Waals surface area contributed by atoms with Crippen LogP contribution in [0.4, 0.5) is 0 Å². The Bertz CT molecular complexity index is 753. The lowest BCUT2D eigenvalue weighted by Gasteiger charge is -2.19. The van der Waals surface area contributed by atoms with Gasteiger partial charge in [-0.3, -0.25) is 0 Å². The Labute approximate surface area is 144 Å². The molecular weight excluding hydrogens is 350 g/mol. The zero-order valence-electron chi connectivity index (χ0n) is 14.0. The molecule has 0 bridgehead atoms. The summed E-state index contributed by atoms with van der Waals surface area (Å²) in [5.41, 5.74) is 0. The van der Waals surface area contributed by atoms with E-state index < -0.39 is 20.0 Å². The Morgan fingerprint density at radius 1 is 1.17 bits per heavy atom. The molecule has 1 aromatic rings. The maximum atomic E-state index is 12.5. The fourth-order valence-corrected chi connectivity index (χ4v) is 5.45. The van der Waals surface area contributed by atoms with Gasteiger partial charge in [0.2, 0.25) is 20.0 Å². The first-order valence-corrected chi connectivity index (χ1v) is 11.0. The molecule has 1 saturated heterocycles. The lowest BCUT2D eigenvalue weighted by Crippen LogP contribution is -2.32. The van der Waals surface area contributed by atoms with E-state index in [0.29, 0.717) is 19.6 Å². The third-order valence-electron chi connectivity index (χ3n) is 4.18. The predicted octanol–water partition coefficient (Wildman–Crippen LogP) is 0.605. The molecule has 1 aliphatic heterocycles. The molecule has 0 saturated carbocycles. The smallest absolute Gasteiger partial charge is 0.243 e. The number of nitrogens with zero attached hydrogens (tertiary/aromatic N) is 1. The highest BCUT2D eigenvalue weighted by atomic mass is 32.2. The SMILES string of the molecule is CCN(CC)S(=O)(=O)c1cccc(S(=O)(=O)NCC2CCNC2)c1. The van der Waals surface area contributed by atoms with Crippen molar-refractivity contribution in [2.75, 3.05) is 32.7 Å². The number of rotatable bonds is 8. The fraction of sp³-hybridized carbons (Fsp3) is 0.600. The van der Waals surface area contributed by atoms with Crippen LogP contribution in [0.5, 0.6) is 0 Å². The Morgan fingerprint density at radius 3 is 2.42 bits per heavy atom. The molecule has 2 N–H and O–H groups in total. The van der Waals surface area contributed by atoms with Crippen molar-refractivity contribution in [2.45, 2.75) is 30.1 Å². The second-order valence-corrected chi connectivity index (χ2v) is 9.48. The average Bonchev–Trinajstić information content (AvgIpc) is 3.08. The lowest BCUT2D eigenvalue weighted by atomic mass is 10.1. The van der Waals surface area contributed by atoms with Crippen LogP contribution in [0, 0.1) is 5.92 Å². The van der Waals surface area contributed by atoms with E-state index in [9.17, 15) is 16.8 Å². The molecule has 1 aromatic carbocycles. The maximum absolute atomic E-state index is 12.5. The molecule has 0 aromatic heterocycles. The van der Waals surface area contributed by atoms with Crippen LogP contribution in [-0.2, 0) is 20.0 Å². The van der Waals surface area contributed by atoms with Crippen LogP contribution in [0.15, 0.2) is 34.1 Å². The van der Waals surface area contributed by atoms with Crippen molar-refractivity contribution < 1.29 is 16.8 Å². The molecule has 0 spiro atoms. The van der Waals surface area contributed by atoms with Gasteiger partial charge in [-0.1, -0.05) is 19.9 Å². The van der Waals surface area contributed by atoms with Crippen molar-refractivity contribution in [2.24, 2.45) is 5.92 Å². The molecule has 9 heteroatoms. The summed E-state index contributed by atoms with van der Waals surface area (Å²) in [5, 5.41) is 3.18. The quantitative estimate of drug-likeness (QED) is 0.694. The largest absolute Gasteiger partial charge is 0.316 e. The van der Waals surface area contributed by atoms with Gasteiger partial charge in [0.25, 0.3) is 0 Å². The average molecular weight is 376 g/mol. The van der Waals surface area contributed by atoms with E-state index in [1.165, 1.54) is 28.6 Å². The molecule has 1 atom stereocenters. The molecule has 1 heterocycles. The van der Waals surface area contributed by atoms with Gasteiger partial charge in [0.1, 0.15) is 0 Å². The van der Waals surface area contributed by atoms with Crippen molar-refractivity contribution in [3.63, 3.8) is 0 Å². The molecule has 2 rings (SSSR count). The fourth-order valence-electron chi connectivity index (χ4n) is 2.71. The zero-order valence-corrected chi connectivity index (χ0v) is 15.7. The van der Waals surface area contributed by atoms with Gasteiger partial charge in [-0.05, 0) is 43.6 Å². The van der Waals surface area contributed by atoms with Crippen LogP contribution in [-0.4, -0.2) is 53.9 Å². The highest BCUT2D eigenvalue weighted by Gasteiger charge is 2.25. The monoisotopic (exact) mass is 375 g/mol. The van der Waals surface area contributed by atoms with Crippen molar-refractivity contribution in [1.82, 2.24) is 14.3 Å². The summed E-state index contributed by atoms with van der Waals surface area (Å²) in [5.74, 6) is 0.266. The number of benzene rings is 1. The Kier molecular flexibility index (Phi) is 6.38. The molecule has 0 aliphatic carbocycles. The van der Waals surface area contributed by atoms with Gasteiger partial charge in [-0.2, -0.15) is 4.31 Å². The van der Waals surface area contributed by atoms with Crippen molar-refractivity contribution >= 4 is 20.0 Å². The zero-order chi connectivity index (χ0) is 17.8. The van der Waals surface area contributed by atoms with Crippen molar-refractivity contribution in [1.29, 1.82) is 0 Å². The molecule has 24 heavy (non-hydrogen) atoms. The van der Waals surface area contributed by atoms with E-state index >= 15 is 0 Å². The van der Waals surface area contributed by atoms with Crippen LogP contribution in [0.25, 0.3) is 0 Å². The molecule has 1 aliphatic rings. The van der Waals surface area contributed by atoms with Gasteiger partial charge in [0.05, 0.1) is 9.79 Å². The van der Waals surface area contributed by atoms with Gasteiger partial charge in [-0.25, -0.2) is 21.6 Å². The third-order valence-corrected chi connectivity index (χ3v) is 7.65. The first-order chi connectivity index (χ1) is 11.3. The third kappa shape index (κ3) is 4.34. The van der Waals surface area contributed by atoms with Crippen molar-refractivity contribution in [3.05, 3.63) is 24.3 Å². The predicted molar refractivity (Wildman–Crippen MR) is 92.7 cm³/mol. The van der Waals surface area contributed by atoms with E-state index in [0.717, 1.165) is 19.5 Å². The van der Waals surface area contributed by atoms with Gasteiger partial charge in [-0.15, -0.1) is 0 Å². The van der Waals surface area contributed by atoms with Gasteiger partial charge in [0, 0.05) is 19.6 Å². The summed E-state index contributed by atoms with van der Waals surface area (Å²) in [6.07, 6.45) is 0.929. The summed E-state index contributed by atoms with van der Waals surface area (Å²) in [4.78, 5) is -0.0294. The van der Waals surface area contributed by atoms with Crippen molar-refractivity contribution in [3.8, 4) is 0 Å². The normalized spacial score (nSPS) is 19.0. The summed E-state index contributed by atoms with van der Waals surface area (Å²) in [7, 11) is -7.41. The Morgan fingerprint density at radius 2 is 1.83 bits per heavy atom. The number of sulfonamides is 2. The molecule has 1 fully saturated rings. The van der Waals surface area contributed by atoms with E-state index in [4.69, 9.17) is 0 Å². The molecule has 1 unspecified atom stereocenters. The number of nitrogens with one attached hydrogen (secondary N) is 2. The molecule has 7 nitrogen and oxygen atoms in total. The van der Waals surface area contributed by atoms with Gasteiger partial charge < -0.3 is 5.32 Å². The second kappa shape index (κ2) is 7.92. The van der Waals surface area contributed by atoms with Gasteiger partial charge in [0.15, 0.2) is 0 Å². The highest BCUT2D eigenvalue weighted by molar-refractivity contribution is 7.90. The molecule has 136 valence electrons. The maximum Gasteiger partial charge on any atom is 0.243 e. The summed E-state index contributed by atoms with van der Waals surface area (Å²) in [6.45, 7) is 6.20. The minimum atomic E-state index is -3.73. The van der Waals surface area contributed by atoms with Crippen LogP contribution in [0.3, 0.4) is 0 Å². The minimum absolute atomic E-state index is 0.00314. The standard InChI is InChI=1S/C15H25N3O4S2/c1-3-18(4-2)24(21,22)15-7-5-6-14(10-15)23(19,20)17-12-13-8-9-16-11-13/h5-7,10,13,16-17H,3-4,8-9,11-12H2,1-2H3. The molecule has 0 radical (unpaired) electrons. The minimum Gasteiger partial charge on any atom is -0.316 e. The van der Waals surface area contributed by atoms with E-state index in [2.05, 4.69) is 10.0 Å². The van der Waals surface area contributed by atoms with Crippen LogP contribution in [0.1, 0.15) is 20.3 Å². The number of hydrogen-bond donors (Lipinski definition) is 2. The topological polar surface area (TPSA) is 95.6 Å². The first-order valence-electron chi connectivity index (χ1n) is 8.12. The summed E-state index contributed by atoms with van der Waals surface area (Å²) >= 11 is 0. The van der Waals surface area contributed by atoms with E-state index in [1.54, 1.807) is 13.8 Å². The van der Waals surface area contributed by atoms with E-state index in [1.807, 2.05) is 0 Å². The highest BCUT2D eigenvalue weighted by Crippen LogP contribution is 2.20. The van der Waals surface area contributed by atoms with Crippen LogP contribution < -0.4 is 10.0 Å². The molecule has 0 amide bonds. The Hall–Kier alpha value is -1.00.